The van der Waals surface area contributed by atoms with Crippen molar-refractivity contribution < 1.29 is 27.1 Å². The third-order valence-electron chi connectivity index (χ3n) is 6.17. The Labute approximate surface area is 209 Å². The summed E-state index contributed by atoms with van der Waals surface area (Å²) in [5.41, 5.74) is 0.162. The number of nitrogens with zero attached hydrogens (tertiary/aromatic N) is 1. The molecule has 0 unspecified atom stereocenters. The van der Waals surface area contributed by atoms with Gasteiger partial charge in [0.25, 0.3) is 0 Å². The van der Waals surface area contributed by atoms with E-state index < -0.39 is 22.9 Å². The molecule has 186 valence electrons. The topological polar surface area (TPSA) is 51.9 Å². The smallest absolute Gasteiger partial charge is 0.450 e. The summed E-state index contributed by atoms with van der Waals surface area (Å²) in [7, 11) is 1.60. The standard InChI is InChI=1S/C27H21ClF3NO4/c1-34-19-8-2-16(3-9-19)12-13-32-14-21-22(35-15-32)11-10-20-24(33)23(17-4-6-18(28)7-5-17)26(27(29,30)31)36-25(20)21/h2-11H,12-15H2,1H3. The van der Waals surface area contributed by atoms with E-state index in [1.807, 2.05) is 29.2 Å². The van der Waals surface area contributed by atoms with Gasteiger partial charge in [-0.25, -0.2) is 0 Å². The number of halogens is 4. The maximum atomic E-state index is 14.1. The molecule has 0 saturated carbocycles. The summed E-state index contributed by atoms with van der Waals surface area (Å²) in [6.45, 7) is 1.15. The van der Waals surface area contributed by atoms with Crippen LogP contribution in [-0.4, -0.2) is 25.3 Å². The minimum absolute atomic E-state index is 0.0623. The Morgan fingerprint density at radius 1 is 1.03 bits per heavy atom. The second-order valence-corrected chi connectivity index (χ2v) is 8.92. The molecule has 2 heterocycles. The molecule has 9 heteroatoms. The molecule has 5 rings (SSSR count). The Morgan fingerprint density at radius 3 is 2.42 bits per heavy atom. The number of methoxy groups -OCH3 is 1. The molecule has 1 aliphatic rings. The fourth-order valence-corrected chi connectivity index (χ4v) is 4.44. The fourth-order valence-electron chi connectivity index (χ4n) is 4.31. The first kappa shape index (κ1) is 24.2. The highest BCUT2D eigenvalue weighted by Gasteiger charge is 2.40. The van der Waals surface area contributed by atoms with Gasteiger partial charge >= 0.3 is 6.18 Å². The lowest BCUT2D eigenvalue weighted by Gasteiger charge is -2.29. The Morgan fingerprint density at radius 2 is 1.75 bits per heavy atom. The van der Waals surface area contributed by atoms with E-state index in [0.717, 1.165) is 11.3 Å². The lowest BCUT2D eigenvalue weighted by molar-refractivity contribution is -0.152. The minimum atomic E-state index is -4.88. The predicted octanol–water partition coefficient (Wildman–Crippen LogP) is 6.54. The zero-order valence-electron chi connectivity index (χ0n) is 19.2. The van der Waals surface area contributed by atoms with Crippen molar-refractivity contribution in [2.45, 2.75) is 19.1 Å². The number of ether oxygens (including phenoxy) is 2. The van der Waals surface area contributed by atoms with Crippen molar-refractivity contribution in [3.05, 3.63) is 92.8 Å². The number of benzene rings is 3. The highest BCUT2D eigenvalue weighted by molar-refractivity contribution is 6.30. The van der Waals surface area contributed by atoms with Crippen LogP contribution in [0.4, 0.5) is 13.2 Å². The van der Waals surface area contributed by atoms with Crippen LogP contribution in [0.1, 0.15) is 16.9 Å². The SMILES string of the molecule is COc1ccc(CCN2COc3ccc4c(=O)c(-c5ccc(Cl)cc5)c(C(F)(F)F)oc4c3C2)cc1. The molecular formula is C27H21ClF3NO4. The van der Waals surface area contributed by atoms with Crippen LogP contribution in [0.5, 0.6) is 11.5 Å². The van der Waals surface area contributed by atoms with Crippen LogP contribution < -0.4 is 14.9 Å². The van der Waals surface area contributed by atoms with Gasteiger partial charge in [-0.2, -0.15) is 13.2 Å². The Kier molecular flexibility index (Phi) is 6.40. The second-order valence-electron chi connectivity index (χ2n) is 8.48. The summed E-state index contributed by atoms with van der Waals surface area (Å²) in [4.78, 5) is 15.3. The summed E-state index contributed by atoms with van der Waals surface area (Å²) in [5, 5.41) is 0.408. The molecule has 4 aromatic rings. The van der Waals surface area contributed by atoms with E-state index in [2.05, 4.69) is 0 Å². The van der Waals surface area contributed by atoms with Crippen molar-refractivity contribution in [1.82, 2.24) is 4.90 Å². The van der Waals surface area contributed by atoms with Crippen molar-refractivity contribution in [2.75, 3.05) is 20.4 Å². The number of alkyl halides is 3. The van der Waals surface area contributed by atoms with E-state index in [0.29, 0.717) is 29.3 Å². The third kappa shape index (κ3) is 4.66. The Balaban J connectivity index is 1.53. The minimum Gasteiger partial charge on any atom is -0.497 e. The predicted molar refractivity (Wildman–Crippen MR) is 131 cm³/mol. The van der Waals surface area contributed by atoms with Gasteiger partial charge in [-0.05, 0) is 53.9 Å². The summed E-state index contributed by atoms with van der Waals surface area (Å²) in [6, 6.07) is 16.3. The number of hydrogen-bond acceptors (Lipinski definition) is 5. The molecule has 1 aromatic heterocycles. The largest absolute Gasteiger partial charge is 0.497 e. The van der Waals surface area contributed by atoms with Gasteiger partial charge in [0, 0.05) is 18.1 Å². The van der Waals surface area contributed by atoms with Crippen LogP contribution in [0.3, 0.4) is 0 Å². The zero-order chi connectivity index (χ0) is 25.4. The van der Waals surface area contributed by atoms with E-state index in [9.17, 15) is 18.0 Å². The molecule has 0 amide bonds. The van der Waals surface area contributed by atoms with Crippen LogP contribution in [-0.2, 0) is 19.1 Å². The van der Waals surface area contributed by atoms with Gasteiger partial charge in [-0.1, -0.05) is 35.9 Å². The van der Waals surface area contributed by atoms with E-state index in [1.54, 1.807) is 13.2 Å². The quantitative estimate of drug-likeness (QED) is 0.302. The average Bonchev–Trinajstić information content (AvgIpc) is 2.87. The number of hydrogen-bond donors (Lipinski definition) is 0. The molecule has 0 atom stereocenters. The lowest BCUT2D eigenvalue weighted by atomic mass is 10.00. The maximum absolute atomic E-state index is 14.1. The van der Waals surface area contributed by atoms with Gasteiger partial charge in [0.1, 0.15) is 23.8 Å². The molecule has 5 nitrogen and oxygen atoms in total. The monoisotopic (exact) mass is 515 g/mol. The van der Waals surface area contributed by atoms with Gasteiger partial charge in [0.05, 0.1) is 23.6 Å². The van der Waals surface area contributed by atoms with Crippen LogP contribution in [0.15, 0.2) is 69.9 Å². The molecule has 3 aromatic carbocycles. The van der Waals surface area contributed by atoms with Crippen LogP contribution >= 0.6 is 11.6 Å². The summed E-state index contributed by atoms with van der Waals surface area (Å²) < 4.78 is 58.7. The first-order valence-corrected chi connectivity index (χ1v) is 11.6. The van der Waals surface area contributed by atoms with Crippen molar-refractivity contribution in [3.8, 4) is 22.6 Å². The maximum Gasteiger partial charge on any atom is 0.450 e. The second kappa shape index (κ2) is 9.52. The van der Waals surface area contributed by atoms with E-state index in [-0.39, 0.29) is 29.8 Å². The fraction of sp³-hybridized carbons (Fsp3) is 0.222. The molecular weight excluding hydrogens is 495 g/mol. The molecule has 0 fully saturated rings. The average molecular weight is 516 g/mol. The summed E-state index contributed by atoms with van der Waals surface area (Å²) in [5.74, 6) is -0.182. The van der Waals surface area contributed by atoms with Crippen LogP contribution in [0, 0.1) is 0 Å². The lowest BCUT2D eigenvalue weighted by Crippen LogP contribution is -2.34. The highest BCUT2D eigenvalue weighted by atomic mass is 35.5. The number of fused-ring (bicyclic) bond motifs is 3. The molecule has 0 radical (unpaired) electrons. The van der Waals surface area contributed by atoms with Gasteiger partial charge < -0.3 is 13.9 Å². The first-order valence-electron chi connectivity index (χ1n) is 11.2. The highest BCUT2D eigenvalue weighted by Crippen LogP contribution is 2.40. The Bertz CT molecular complexity index is 1460. The third-order valence-corrected chi connectivity index (χ3v) is 6.42. The van der Waals surface area contributed by atoms with Crippen molar-refractivity contribution in [3.63, 3.8) is 0 Å². The molecule has 36 heavy (non-hydrogen) atoms. The molecule has 1 aliphatic heterocycles. The van der Waals surface area contributed by atoms with E-state index in [4.69, 9.17) is 25.5 Å². The van der Waals surface area contributed by atoms with Crippen molar-refractivity contribution in [2.24, 2.45) is 0 Å². The summed E-state index contributed by atoms with van der Waals surface area (Å²) >= 11 is 5.89. The first-order chi connectivity index (χ1) is 17.2. The van der Waals surface area contributed by atoms with E-state index in [1.165, 1.54) is 30.3 Å². The van der Waals surface area contributed by atoms with Gasteiger partial charge in [-0.15, -0.1) is 0 Å². The molecule has 0 N–H and O–H groups in total. The van der Waals surface area contributed by atoms with Gasteiger partial charge in [0.2, 0.25) is 11.2 Å². The normalized spacial score (nSPS) is 13.9. The Hall–Kier alpha value is -3.49. The zero-order valence-corrected chi connectivity index (χ0v) is 19.9. The van der Waals surface area contributed by atoms with E-state index >= 15 is 0 Å². The van der Waals surface area contributed by atoms with Crippen molar-refractivity contribution in [1.29, 1.82) is 0 Å². The number of rotatable bonds is 5. The van der Waals surface area contributed by atoms with Gasteiger partial charge in [-0.3, -0.25) is 9.69 Å². The molecule has 0 aliphatic carbocycles. The summed E-state index contributed by atoms with van der Waals surface area (Å²) in [6.07, 6.45) is -4.18. The van der Waals surface area contributed by atoms with Gasteiger partial charge in [0.15, 0.2) is 0 Å². The van der Waals surface area contributed by atoms with Crippen molar-refractivity contribution >= 4 is 22.6 Å². The molecule has 0 saturated heterocycles. The molecule has 0 bridgehead atoms. The van der Waals surface area contributed by atoms with Crippen LogP contribution in [0.25, 0.3) is 22.1 Å². The van der Waals surface area contributed by atoms with Crippen LogP contribution in [0.2, 0.25) is 5.02 Å². The molecule has 0 spiro atoms.